The van der Waals surface area contributed by atoms with E-state index in [1.54, 1.807) is 0 Å². The van der Waals surface area contributed by atoms with Crippen molar-refractivity contribution in [3.63, 3.8) is 0 Å². The van der Waals surface area contributed by atoms with Gasteiger partial charge in [-0.15, -0.1) is 0 Å². The maximum atomic E-state index is 13.4. The zero-order chi connectivity index (χ0) is 25.2. The second kappa shape index (κ2) is 10.1. The van der Waals surface area contributed by atoms with Gasteiger partial charge in [0.2, 0.25) is 6.41 Å². The molecule has 1 aliphatic rings. The number of carbonyl (C=O) groups is 2. The minimum absolute atomic E-state index is 0.0731. The normalized spacial score (nSPS) is 18.9. The average Bonchev–Trinajstić information content (AvgIpc) is 3.41. The quantitative estimate of drug-likeness (QED) is 0.442. The number of aromatic nitrogens is 2. The molecular formula is C29H32N4O3. The fourth-order valence-electron chi connectivity index (χ4n) is 5.35. The molecule has 5 rings (SSSR count). The van der Waals surface area contributed by atoms with Crippen molar-refractivity contribution in [3.05, 3.63) is 72.1 Å². The van der Waals surface area contributed by atoms with Crippen molar-refractivity contribution in [1.29, 1.82) is 0 Å². The average molecular weight is 485 g/mol. The van der Waals surface area contributed by atoms with Crippen LogP contribution in [0, 0.1) is 0 Å². The van der Waals surface area contributed by atoms with Crippen molar-refractivity contribution in [2.75, 3.05) is 27.2 Å². The molecule has 2 amide bonds. The van der Waals surface area contributed by atoms with Crippen LogP contribution in [-0.2, 0) is 27.4 Å². The lowest BCUT2D eigenvalue weighted by Gasteiger charge is -2.22. The Kier molecular flexibility index (Phi) is 6.76. The Morgan fingerprint density at radius 3 is 2.28 bits per heavy atom. The van der Waals surface area contributed by atoms with E-state index in [4.69, 9.17) is 4.74 Å². The van der Waals surface area contributed by atoms with Gasteiger partial charge in [0.1, 0.15) is 0 Å². The van der Waals surface area contributed by atoms with Gasteiger partial charge in [0.15, 0.2) is 0 Å². The van der Waals surface area contributed by atoms with Crippen LogP contribution in [0.2, 0.25) is 0 Å². The molecular weight excluding hydrogens is 452 g/mol. The number of likely N-dealkylation sites (N-methyl/N-ethyl adjacent to an activating group) is 1. The molecule has 36 heavy (non-hydrogen) atoms. The van der Waals surface area contributed by atoms with Crippen LogP contribution in [0.15, 0.2) is 60.9 Å². The topological polar surface area (TPSA) is 68.5 Å². The molecule has 1 unspecified atom stereocenters. The van der Waals surface area contributed by atoms with E-state index in [9.17, 15) is 9.59 Å². The number of imide groups is 1. The summed E-state index contributed by atoms with van der Waals surface area (Å²) in [6, 6.07) is 16.3. The first kappa shape index (κ1) is 24.0. The van der Waals surface area contributed by atoms with Gasteiger partial charge in [-0.1, -0.05) is 36.4 Å². The van der Waals surface area contributed by atoms with E-state index in [2.05, 4.69) is 57.8 Å². The molecule has 1 atom stereocenters. The number of ether oxygens (including phenoxy) is 1. The summed E-state index contributed by atoms with van der Waals surface area (Å²) in [7, 11) is 4.13. The van der Waals surface area contributed by atoms with E-state index in [0.29, 0.717) is 25.1 Å². The van der Waals surface area contributed by atoms with Crippen molar-refractivity contribution >= 4 is 45.3 Å². The van der Waals surface area contributed by atoms with Crippen molar-refractivity contribution in [3.8, 4) is 0 Å². The van der Waals surface area contributed by atoms with Gasteiger partial charge in [-0.05, 0) is 45.1 Å². The minimum Gasteiger partial charge on any atom is -0.375 e. The lowest BCUT2D eigenvalue weighted by Crippen LogP contribution is -2.30. The van der Waals surface area contributed by atoms with Crippen molar-refractivity contribution in [1.82, 2.24) is 19.4 Å². The van der Waals surface area contributed by atoms with Crippen LogP contribution in [0.1, 0.15) is 24.5 Å². The van der Waals surface area contributed by atoms with Crippen LogP contribution in [0.4, 0.5) is 0 Å². The predicted molar refractivity (Wildman–Crippen MR) is 143 cm³/mol. The van der Waals surface area contributed by atoms with Crippen molar-refractivity contribution in [2.24, 2.45) is 0 Å². The number of allylic oxidation sites excluding steroid dienone is 1. The summed E-state index contributed by atoms with van der Waals surface area (Å²) in [4.78, 5) is 26.9. The molecule has 3 heterocycles. The Morgan fingerprint density at radius 2 is 1.61 bits per heavy atom. The van der Waals surface area contributed by atoms with E-state index in [1.807, 2.05) is 43.5 Å². The molecule has 0 aliphatic carbocycles. The summed E-state index contributed by atoms with van der Waals surface area (Å²) >= 11 is 0. The number of amides is 2. The number of rotatable bonds is 4. The first-order valence-corrected chi connectivity index (χ1v) is 12.4. The van der Waals surface area contributed by atoms with Crippen LogP contribution in [-0.4, -0.2) is 59.7 Å². The number of hydrogen-bond acceptors (Lipinski definition) is 4. The second-order valence-electron chi connectivity index (χ2n) is 9.64. The summed E-state index contributed by atoms with van der Waals surface area (Å²) in [5, 5.41) is 4.45. The smallest absolute Gasteiger partial charge is 0.258 e. The number of nitrogens with zero attached hydrogens (tertiary/aromatic N) is 3. The Labute approximate surface area is 210 Å². The largest absolute Gasteiger partial charge is 0.375 e. The molecule has 7 nitrogen and oxygen atoms in total. The number of fused-ring (bicyclic) bond motifs is 10. The summed E-state index contributed by atoms with van der Waals surface area (Å²) in [5.74, 6) is -0.400. The Morgan fingerprint density at radius 1 is 1.00 bits per heavy atom. The molecule has 0 radical (unpaired) electrons. The van der Waals surface area contributed by atoms with Gasteiger partial charge < -0.3 is 18.8 Å². The Bertz CT molecular complexity index is 1460. The predicted octanol–water partition coefficient (Wildman–Crippen LogP) is 4.15. The molecule has 1 N–H and O–H groups in total. The lowest BCUT2D eigenvalue weighted by molar-refractivity contribution is -0.121. The van der Waals surface area contributed by atoms with Crippen LogP contribution in [0.3, 0.4) is 0 Å². The molecule has 2 aromatic carbocycles. The number of carbonyl (C=O) groups excluding carboxylic acids is 2. The van der Waals surface area contributed by atoms with E-state index < -0.39 is 5.91 Å². The zero-order valence-corrected chi connectivity index (χ0v) is 21.0. The molecule has 1 aliphatic heterocycles. The van der Waals surface area contributed by atoms with Crippen LogP contribution < -0.4 is 5.32 Å². The second-order valence-corrected chi connectivity index (χ2v) is 9.64. The monoisotopic (exact) mass is 484 g/mol. The Balaban J connectivity index is 1.78. The van der Waals surface area contributed by atoms with Gasteiger partial charge >= 0.3 is 0 Å². The van der Waals surface area contributed by atoms with Gasteiger partial charge in [0, 0.05) is 65.0 Å². The fourth-order valence-corrected chi connectivity index (χ4v) is 5.35. The molecule has 0 saturated carbocycles. The first-order chi connectivity index (χ1) is 17.5. The molecule has 0 spiro atoms. The lowest BCUT2D eigenvalue weighted by atomic mass is 9.94. The highest BCUT2D eigenvalue weighted by Crippen LogP contribution is 2.36. The van der Waals surface area contributed by atoms with E-state index >= 15 is 0 Å². The molecule has 4 bridgehead atoms. The molecule has 2 aromatic heterocycles. The van der Waals surface area contributed by atoms with Gasteiger partial charge in [-0.25, -0.2) is 0 Å². The van der Waals surface area contributed by atoms with Gasteiger partial charge in [0.05, 0.1) is 18.3 Å². The van der Waals surface area contributed by atoms with E-state index in [-0.39, 0.29) is 6.10 Å². The van der Waals surface area contributed by atoms with Crippen molar-refractivity contribution in [2.45, 2.75) is 32.5 Å². The maximum Gasteiger partial charge on any atom is 0.258 e. The van der Waals surface area contributed by atoms with Crippen molar-refractivity contribution < 1.29 is 14.3 Å². The fraction of sp³-hybridized carbons (Fsp3) is 0.310. The van der Waals surface area contributed by atoms with E-state index in [0.717, 1.165) is 58.0 Å². The third kappa shape index (κ3) is 4.47. The zero-order valence-electron chi connectivity index (χ0n) is 21.0. The molecule has 186 valence electrons. The number of aryl methyl sites for hydroxylation is 1. The summed E-state index contributed by atoms with van der Waals surface area (Å²) in [5.41, 5.74) is 5.28. The first-order valence-electron chi connectivity index (χ1n) is 12.4. The molecule has 4 aromatic rings. The third-order valence-corrected chi connectivity index (χ3v) is 6.99. The number of hydrogen-bond donors (Lipinski definition) is 1. The Hall–Kier alpha value is -3.68. The minimum atomic E-state index is -0.400. The van der Waals surface area contributed by atoms with Gasteiger partial charge in [0.25, 0.3) is 5.91 Å². The third-order valence-electron chi connectivity index (χ3n) is 6.99. The number of benzene rings is 2. The van der Waals surface area contributed by atoms with Crippen LogP contribution >= 0.6 is 0 Å². The van der Waals surface area contributed by atoms with Crippen LogP contribution in [0.25, 0.3) is 33.0 Å². The molecule has 0 saturated heterocycles. The number of para-hydroxylation sites is 2. The van der Waals surface area contributed by atoms with Gasteiger partial charge in [-0.2, -0.15) is 0 Å². The molecule has 0 fully saturated rings. The summed E-state index contributed by atoms with van der Waals surface area (Å²) < 4.78 is 10.8. The maximum absolute atomic E-state index is 13.4. The van der Waals surface area contributed by atoms with E-state index in [1.165, 1.54) is 0 Å². The number of nitrogens with one attached hydrogen (secondary N) is 1. The highest BCUT2D eigenvalue weighted by atomic mass is 16.5. The molecule has 7 heteroatoms. The summed E-state index contributed by atoms with van der Waals surface area (Å²) in [6.45, 7) is 4.85. The SMILES string of the molecule is C/C1=C(\C(=O)NC=O)c2cn(c3ccccc23)CCC(CN(C)C)OCCn2cc1c1ccccc12. The standard InChI is InChI=1S/C29H32N4O3/c1-20-24-17-33(26-10-6-4-8-22(24)26)14-15-36-21(16-31(2)3)12-13-32-18-25(28(20)29(35)30-19-34)23-9-5-7-11-27(23)32/h4-11,17-19,21H,12-16H2,1-3H3,(H,30,34,35)/b28-20+. The summed E-state index contributed by atoms with van der Waals surface area (Å²) in [6.07, 6.45) is 5.52. The van der Waals surface area contributed by atoms with Crippen LogP contribution in [0.5, 0.6) is 0 Å². The highest BCUT2D eigenvalue weighted by Gasteiger charge is 2.24. The highest BCUT2D eigenvalue weighted by molar-refractivity contribution is 6.31. The van der Waals surface area contributed by atoms with Gasteiger partial charge in [-0.3, -0.25) is 14.9 Å².